The zero-order chi connectivity index (χ0) is 22.9. The van der Waals surface area contributed by atoms with E-state index in [2.05, 4.69) is 0 Å². The molecule has 4 heterocycles. The lowest BCUT2D eigenvalue weighted by atomic mass is 9.86. The van der Waals surface area contributed by atoms with Crippen LogP contribution in [0, 0.1) is 12.7 Å². The molecular weight excluding hydrogens is 413 g/mol. The number of aryl methyl sites for hydroxylation is 1. The minimum atomic E-state index is -1.89. The predicted octanol–water partition coefficient (Wildman–Crippen LogP) is 2.55. The van der Waals surface area contributed by atoms with Gasteiger partial charge in [-0.1, -0.05) is 13.8 Å². The fourth-order valence-electron chi connectivity index (χ4n) is 5.03. The standard InChI is InChI=1S/C24H24FN3O4/c1-4-12-6-17-19(20(25)11(12)3)13(8-26)14-9-28-18(21(14)27-17)7-16-15(22(28)29)10-32-23(30)24(16,31)5-2/h6-7,31H,4-5,8-10,26H2,1-3H3/t24-/m0/s1. The Kier molecular flexibility index (Phi) is 4.51. The molecule has 0 bridgehead atoms. The first-order valence-electron chi connectivity index (χ1n) is 10.8. The number of aromatic nitrogens is 2. The molecular formula is C24H24FN3O4. The summed E-state index contributed by atoms with van der Waals surface area (Å²) in [5, 5.41) is 11.4. The lowest BCUT2D eigenvalue weighted by Gasteiger charge is -2.31. The Balaban J connectivity index is 1.86. The summed E-state index contributed by atoms with van der Waals surface area (Å²) in [5.41, 5.74) is 8.56. The number of carbonyl (C=O) groups excluding carboxylic acids is 1. The molecule has 166 valence electrons. The molecule has 0 amide bonds. The summed E-state index contributed by atoms with van der Waals surface area (Å²) in [5.74, 6) is -1.11. The first-order chi connectivity index (χ1) is 15.3. The minimum absolute atomic E-state index is 0.0676. The van der Waals surface area contributed by atoms with Gasteiger partial charge in [-0.15, -0.1) is 0 Å². The summed E-state index contributed by atoms with van der Waals surface area (Å²) in [7, 11) is 0. The number of aliphatic hydroxyl groups is 1. The lowest BCUT2D eigenvalue weighted by molar-refractivity contribution is -0.172. The molecule has 32 heavy (non-hydrogen) atoms. The fraction of sp³-hybridized carbons (Fsp3) is 0.375. The summed E-state index contributed by atoms with van der Waals surface area (Å²) in [6.45, 7) is 5.45. The molecule has 1 aromatic carbocycles. The second kappa shape index (κ2) is 6.95. The van der Waals surface area contributed by atoms with E-state index in [-0.39, 0.29) is 48.6 Å². The SMILES string of the molecule is CCc1cc2nc3c(c(CN)c2c(F)c1C)Cn1c-3cc2c(c1=O)COC(=O)[C@]2(O)CC. The van der Waals surface area contributed by atoms with Crippen LogP contribution in [0.4, 0.5) is 4.39 Å². The highest BCUT2D eigenvalue weighted by Gasteiger charge is 2.45. The molecule has 7 nitrogen and oxygen atoms in total. The average molecular weight is 437 g/mol. The number of ether oxygens (including phenoxy) is 1. The van der Waals surface area contributed by atoms with E-state index < -0.39 is 11.6 Å². The van der Waals surface area contributed by atoms with Crippen molar-refractivity contribution in [3.05, 3.63) is 61.7 Å². The molecule has 2 aliphatic heterocycles. The van der Waals surface area contributed by atoms with Crippen LogP contribution in [0.1, 0.15) is 53.6 Å². The molecule has 0 radical (unpaired) electrons. The summed E-state index contributed by atoms with van der Waals surface area (Å²) >= 11 is 0. The molecule has 0 saturated heterocycles. The summed E-state index contributed by atoms with van der Waals surface area (Å²) < 4.78 is 22.0. The van der Waals surface area contributed by atoms with E-state index in [4.69, 9.17) is 15.5 Å². The first kappa shape index (κ1) is 20.8. The Morgan fingerprint density at radius 1 is 1.28 bits per heavy atom. The van der Waals surface area contributed by atoms with Gasteiger partial charge in [-0.2, -0.15) is 0 Å². The van der Waals surface area contributed by atoms with Crippen LogP contribution in [0.2, 0.25) is 0 Å². The molecule has 0 aliphatic carbocycles. The maximum atomic E-state index is 15.4. The van der Waals surface area contributed by atoms with Crippen LogP contribution in [0.25, 0.3) is 22.3 Å². The molecule has 0 spiro atoms. The van der Waals surface area contributed by atoms with E-state index in [0.29, 0.717) is 45.4 Å². The molecule has 8 heteroatoms. The largest absolute Gasteiger partial charge is 0.458 e. The van der Waals surface area contributed by atoms with Gasteiger partial charge in [-0.3, -0.25) is 4.79 Å². The molecule has 1 atom stereocenters. The smallest absolute Gasteiger partial charge is 0.343 e. The lowest BCUT2D eigenvalue weighted by Crippen LogP contribution is -2.44. The first-order valence-corrected chi connectivity index (χ1v) is 10.8. The Bertz CT molecular complexity index is 1390. The van der Waals surface area contributed by atoms with E-state index in [0.717, 1.165) is 5.56 Å². The van der Waals surface area contributed by atoms with Gasteiger partial charge in [0.15, 0.2) is 5.60 Å². The average Bonchev–Trinajstić information content (AvgIpc) is 3.16. The number of esters is 1. The van der Waals surface area contributed by atoms with Crippen molar-refractivity contribution < 1.29 is 19.0 Å². The van der Waals surface area contributed by atoms with Gasteiger partial charge in [0, 0.05) is 23.1 Å². The molecule has 2 aliphatic rings. The molecule has 3 N–H and O–H groups in total. The van der Waals surface area contributed by atoms with Gasteiger partial charge in [0.25, 0.3) is 5.56 Å². The predicted molar refractivity (Wildman–Crippen MR) is 116 cm³/mol. The van der Waals surface area contributed by atoms with Crippen LogP contribution in [0.5, 0.6) is 0 Å². The van der Waals surface area contributed by atoms with Crippen LogP contribution in [0.15, 0.2) is 16.9 Å². The third-order valence-electron chi connectivity index (χ3n) is 6.97. The normalized spacial score (nSPS) is 19.0. The van der Waals surface area contributed by atoms with Crippen molar-refractivity contribution in [1.29, 1.82) is 0 Å². The Labute approximate surface area is 183 Å². The number of rotatable bonds is 3. The molecule has 0 saturated carbocycles. The number of hydrogen-bond acceptors (Lipinski definition) is 6. The zero-order valence-corrected chi connectivity index (χ0v) is 18.2. The number of pyridine rings is 2. The monoisotopic (exact) mass is 437 g/mol. The fourth-order valence-corrected chi connectivity index (χ4v) is 5.03. The van der Waals surface area contributed by atoms with Gasteiger partial charge >= 0.3 is 5.97 Å². The third kappa shape index (κ3) is 2.50. The van der Waals surface area contributed by atoms with Crippen molar-refractivity contribution in [3.8, 4) is 11.4 Å². The number of cyclic esters (lactones) is 1. The van der Waals surface area contributed by atoms with E-state index >= 15 is 4.39 Å². The maximum Gasteiger partial charge on any atom is 0.343 e. The summed E-state index contributed by atoms with van der Waals surface area (Å²) in [4.78, 5) is 30.4. The topological polar surface area (TPSA) is 107 Å². The van der Waals surface area contributed by atoms with Crippen molar-refractivity contribution >= 4 is 16.9 Å². The number of fused-ring (bicyclic) bond motifs is 5. The highest BCUT2D eigenvalue weighted by Crippen LogP contribution is 2.41. The Morgan fingerprint density at radius 3 is 2.69 bits per heavy atom. The maximum absolute atomic E-state index is 15.4. The van der Waals surface area contributed by atoms with Crippen molar-refractivity contribution in [1.82, 2.24) is 9.55 Å². The van der Waals surface area contributed by atoms with Crippen LogP contribution in [-0.4, -0.2) is 20.6 Å². The number of halogens is 1. The van der Waals surface area contributed by atoms with E-state index in [1.165, 1.54) is 4.57 Å². The highest BCUT2D eigenvalue weighted by atomic mass is 19.1. The highest BCUT2D eigenvalue weighted by molar-refractivity contribution is 5.90. The molecule has 0 fully saturated rings. The van der Waals surface area contributed by atoms with Crippen molar-refractivity contribution in [2.45, 2.75) is 58.9 Å². The Hall–Kier alpha value is -3.10. The van der Waals surface area contributed by atoms with Gasteiger partial charge in [-0.05, 0) is 48.6 Å². The molecule has 3 aromatic rings. The minimum Gasteiger partial charge on any atom is -0.458 e. The van der Waals surface area contributed by atoms with E-state index in [1.54, 1.807) is 19.9 Å². The summed E-state index contributed by atoms with van der Waals surface area (Å²) in [6.07, 6.45) is 0.725. The second-order valence-corrected chi connectivity index (χ2v) is 8.45. The van der Waals surface area contributed by atoms with Gasteiger partial charge in [0.2, 0.25) is 0 Å². The third-order valence-corrected chi connectivity index (χ3v) is 6.97. The number of nitrogens with two attached hydrogens (primary N) is 1. The van der Waals surface area contributed by atoms with Gasteiger partial charge in [0.1, 0.15) is 12.4 Å². The van der Waals surface area contributed by atoms with E-state index in [9.17, 15) is 14.7 Å². The van der Waals surface area contributed by atoms with E-state index in [1.807, 2.05) is 13.0 Å². The van der Waals surface area contributed by atoms with Crippen LogP contribution < -0.4 is 11.3 Å². The van der Waals surface area contributed by atoms with Crippen LogP contribution in [-0.2, 0) is 41.2 Å². The zero-order valence-electron chi connectivity index (χ0n) is 18.2. The number of carbonyl (C=O) groups is 1. The number of hydrogen-bond donors (Lipinski definition) is 2. The van der Waals surface area contributed by atoms with Crippen LogP contribution >= 0.6 is 0 Å². The molecule has 0 unspecified atom stereocenters. The quantitative estimate of drug-likeness (QED) is 0.477. The van der Waals surface area contributed by atoms with Crippen molar-refractivity contribution in [2.24, 2.45) is 5.73 Å². The van der Waals surface area contributed by atoms with Crippen molar-refractivity contribution in [2.75, 3.05) is 0 Å². The summed E-state index contributed by atoms with van der Waals surface area (Å²) in [6, 6.07) is 3.52. The number of nitrogens with zero attached hydrogens (tertiary/aromatic N) is 2. The molecule has 5 rings (SSSR count). The Morgan fingerprint density at radius 2 is 2.03 bits per heavy atom. The second-order valence-electron chi connectivity index (χ2n) is 8.45. The van der Waals surface area contributed by atoms with Gasteiger partial charge in [-0.25, -0.2) is 14.2 Å². The number of benzene rings is 1. The van der Waals surface area contributed by atoms with Gasteiger partial charge in [0.05, 0.1) is 29.0 Å². The van der Waals surface area contributed by atoms with Crippen LogP contribution in [0.3, 0.4) is 0 Å². The van der Waals surface area contributed by atoms with Gasteiger partial charge < -0.3 is 20.1 Å². The van der Waals surface area contributed by atoms with Crippen molar-refractivity contribution in [3.63, 3.8) is 0 Å². The molecule has 2 aromatic heterocycles.